The average molecular weight is 267 g/mol. The first-order chi connectivity index (χ1) is 9.04. The van der Waals surface area contributed by atoms with Gasteiger partial charge in [-0.3, -0.25) is 0 Å². The molecule has 1 rings (SSSR count). The standard InChI is InChI=1S/C15H25NO3/c1-11-7-12(2)15(13(3)8-11)19-10-14(17)9-16-5-6-18-4/h7-8,14,16-17H,5-6,9-10H2,1-4H3. The number of rotatable bonds is 8. The first-order valence-electron chi connectivity index (χ1n) is 6.63. The van der Waals surface area contributed by atoms with Crippen molar-refractivity contribution in [2.24, 2.45) is 0 Å². The van der Waals surface area contributed by atoms with Crippen molar-refractivity contribution in [1.82, 2.24) is 5.32 Å². The maximum absolute atomic E-state index is 9.82. The molecule has 0 aromatic heterocycles. The molecular weight excluding hydrogens is 242 g/mol. The molecule has 0 aliphatic rings. The van der Waals surface area contributed by atoms with E-state index in [1.165, 1.54) is 5.56 Å². The Labute approximate surface area is 115 Å². The molecule has 19 heavy (non-hydrogen) atoms. The third kappa shape index (κ3) is 5.59. The lowest BCUT2D eigenvalue weighted by atomic mass is 10.1. The van der Waals surface area contributed by atoms with Gasteiger partial charge in [-0.05, 0) is 31.9 Å². The summed E-state index contributed by atoms with van der Waals surface area (Å²) in [5.74, 6) is 0.876. The highest BCUT2D eigenvalue weighted by atomic mass is 16.5. The van der Waals surface area contributed by atoms with Crippen molar-refractivity contribution < 1.29 is 14.6 Å². The molecule has 0 amide bonds. The predicted molar refractivity (Wildman–Crippen MR) is 76.9 cm³/mol. The Balaban J connectivity index is 2.40. The van der Waals surface area contributed by atoms with Crippen LogP contribution in [0.1, 0.15) is 16.7 Å². The van der Waals surface area contributed by atoms with Crippen molar-refractivity contribution in [3.05, 3.63) is 28.8 Å². The summed E-state index contributed by atoms with van der Waals surface area (Å²) in [6.45, 7) is 8.30. The molecular formula is C15H25NO3. The highest BCUT2D eigenvalue weighted by Gasteiger charge is 2.09. The highest BCUT2D eigenvalue weighted by molar-refractivity contribution is 5.42. The van der Waals surface area contributed by atoms with E-state index < -0.39 is 6.10 Å². The molecule has 0 bridgehead atoms. The SMILES string of the molecule is COCCNCC(O)COc1c(C)cc(C)cc1C. The van der Waals surface area contributed by atoms with Gasteiger partial charge in [0.25, 0.3) is 0 Å². The molecule has 108 valence electrons. The Bertz CT molecular complexity index is 370. The fraction of sp³-hybridized carbons (Fsp3) is 0.600. The van der Waals surface area contributed by atoms with Crippen molar-refractivity contribution in [3.8, 4) is 5.75 Å². The number of aliphatic hydroxyl groups is 1. The zero-order chi connectivity index (χ0) is 14.3. The second kappa shape index (κ2) is 8.15. The lowest BCUT2D eigenvalue weighted by molar-refractivity contribution is 0.103. The number of ether oxygens (including phenoxy) is 2. The van der Waals surface area contributed by atoms with Crippen molar-refractivity contribution in [2.75, 3.05) is 33.4 Å². The predicted octanol–water partition coefficient (Wildman–Crippen LogP) is 1.59. The number of hydrogen-bond donors (Lipinski definition) is 2. The first kappa shape index (κ1) is 16.0. The summed E-state index contributed by atoms with van der Waals surface area (Å²) in [6.07, 6.45) is -0.517. The summed E-state index contributed by atoms with van der Waals surface area (Å²) < 4.78 is 10.6. The van der Waals surface area contributed by atoms with E-state index in [-0.39, 0.29) is 0 Å². The minimum absolute atomic E-state index is 0.296. The lowest BCUT2D eigenvalue weighted by Crippen LogP contribution is -2.33. The zero-order valence-electron chi connectivity index (χ0n) is 12.3. The van der Waals surface area contributed by atoms with Crippen LogP contribution in [0.4, 0.5) is 0 Å². The number of hydrogen-bond acceptors (Lipinski definition) is 4. The van der Waals surface area contributed by atoms with E-state index in [0.717, 1.165) is 23.4 Å². The number of aliphatic hydroxyl groups excluding tert-OH is 1. The molecule has 0 spiro atoms. The van der Waals surface area contributed by atoms with Crippen molar-refractivity contribution >= 4 is 0 Å². The molecule has 0 heterocycles. The van der Waals surface area contributed by atoms with Crippen LogP contribution in [0.2, 0.25) is 0 Å². The van der Waals surface area contributed by atoms with Crippen LogP contribution in [0.5, 0.6) is 5.75 Å². The Morgan fingerprint density at radius 2 is 1.84 bits per heavy atom. The number of nitrogens with one attached hydrogen (secondary N) is 1. The molecule has 4 nitrogen and oxygen atoms in total. The number of aryl methyl sites for hydroxylation is 3. The number of methoxy groups -OCH3 is 1. The van der Waals surface area contributed by atoms with Gasteiger partial charge in [0, 0.05) is 20.2 Å². The minimum atomic E-state index is -0.517. The van der Waals surface area contributed by atoms with Gasteiger partial charge in [0.1, 0.15) is 18.5 Å². The van der Waals surface area contributed by atoms with Gasteiger partial charge in [-0.1, -0.05) is 17.7 Å². The monoisotopic (exact) mass is 267 g/mol. The molecule has 0 aliphatic heterocycles. The van der Waals surface area contributed by atoms with E-state index in [1.54, 1.807) is 7.11 Å². The van der Waals surface area contributed by atoms with Crippen LogP contribution in [0.25, 0.3) is 0 Å². The first-order valence-corrected chi connectivity index (χ1v) is 6.63. The van der Waals surface area contributed by atoms with Gasteiger partial charge in [0.05, 0.1) is 6.61 Å². The second-order valence-corrected chi connectivity index (χ2v) is 4.89. The fourth-order valence-electron chi connectivity index (χ4n) is 2.08. The van der Waals surface area contributed by atoms with Crippen molar-refractivity contribution in [3.63, 3.8) is 0 Å². The van der Waals surface area contributed by atoms with Crippen LogP contribution < -0.4 is 10.1 Å². The maximum atomic E-state index is 9.82. The largest absolute Gasteiger partial charge is 0.490 e. The molecule has 0 saturated carbocycles. The van der Waals surface area contributed by atoms with E-state index in [9.17, 15) is 5.11 Å². The summed E-state index contributed by atoms with van der Waals surface area (Å²) in [5.41, 5.74) is 3.44. The molecule has 0 fully saturated rings. The maximum Gasteiger partial charge on any atom is 0.125 e. The topological polar surface area (TPSA) is 50.7 Å². The summed E-state index contributed by atoms with van der Waals surface area (Å²) >= 11 is 0. The van der Waals surface area contributed by atoms with Crippen LogP contribution in [-0.2, 0) is 4.74 Å². The van der Waals surface area contributed by atoms with Crippen LogP contribution in [0.15, 0.2) is 12.1 Å². The lowest BCUT2D eigenvalue weighted by Gasteiger charge is -2.16. The fourth-order valence-corrected chi connectivity index (χ4v) is 2.08. The van der Waals surface area contributed by atoms with Gasteiger partial charge in [-0.25, -0.2) is 0 Å². The Kier molecular flexibility index (Phi) is 6.84. The molecule has 4 heteroatoms. The Morgan fingerprint density at radius 1 is 1.21 bits per heavy atom. The minimum Gasteiger partial charge on any atom is -0.490 e. The molecule has 0 radical (unpaired) electrons. The number of benzene rings is 1. The van der Waals surface area contributed by atoms with E-state index in [0.29, 0.717) is 19.8 Å². The highest BCUT2D eigenvalue weighted by Crippen LogP contribution is 2.24. The van der Waals surface area contributed by atoms with E-state index in [1.807, 2.05) is 13.8 Å². The normalized spacial score (nSPS) is 12.5. The van der Waals surface area contributed by atoms with Crippen LogP contribution in [-0.4, -0.2) is 44.6 Å². The zero-order valence-corrected chi connectivity index (χ0v) is 12.3. The molecule has 1 unspecified atom stereocenters. The van der Waals surface area contributed by atoms with E-state index in [4.69, 9.17) is 9.47 Å². The Morgan fingerprint density at radius 3 is 2.42 bits per heavy atom. The molecule has 1 aromatic rings. The van der Waals surface area contributed by atoms with Crippen molar-refractivity contribution in [2.45, 2.75) is 26.9 Å². The van der Waals surface area contributed by atoms with Gasteiger partial charge >= 0.3 is 0 Å². The quantitative estimate of drug-likeness (QED) is 0.702. The molecule has 1 aromatic carbocycles. The summed E-state index contributed by atoms with van der Waals surface area (Å²) in [4.78, 5) is 0. The van der Waals surface area contributed by atoms with Gasteiger partial charge < -0.3 is 19.9 Å². The van der Waals surface area contributed by atoms with Gasteiger partial charge in [0.15, 0.2) is 0 Å². The van der Waals surface area contributed by atoms with Crippen LogP contribution in [0, 0.1) is 20.8 Å². The molecule has 0 saturated heterocycles. The van der Waals surface area contributed by atoms with Crippen molar-refractivity contribution in [1.29, 1.82) is 0 Å². The smallest absolute Gasteiger partial charge is 0.125 e. The van der Waals surface area contributed by atoms with E-state index in [2.05, 4.69) is 24.4 Å². The van der Waals surface area contributed by atoms with E-state index >= 15 is 0 Å². The summed E-state index contributed by atoms with van der Waals surface area (Å²) in [6, 6.07) is 4.18. The molecule has 2 N–H and O–H groups in total. The molecule has 1 atom stereocenters. The van der Waals surface area contributed by atoms with Crippen LogP contribution in [0.3, 0.4) is 0 Å². The van der Waals surface area contributed by atoms with Gasteiger partial charge in [0.2, 0.25) is 0 Å². The third-order valence-corrected chi connectivity index (χ3v) is 2.89. The second-order valence-electron chi connectivity index (χ2n) is 4.89. The van der Waals surface area contributed by atoms with Crippen LogP contribution >= 0.6 is 0 Å². The van der Waals surface area contributed by atoms with Gasteiger partial charge in [-0.15, -0.1) is 0 Å². The summed E-state index contributed by atoms with van der Waals surface area (Å²) in [5, 5.41) is 12.9. The van der Waals surface area contributed by atoms with Gasteiger partial charge in [-0.2, -0.15) is 0 Å². The molecule has 0 aliphatic carbocycles. The third-order valence-electron chi connectivity index (χ3n) is 2.89. The average Bonchev–Trinajstić information content (AvgIpc) is 2.33. The summed E-state index contributed by atoms with van der Waals surface area (Å²) in [7, 11) is 1.66. The Hall–Kier alpha value is -1.10.